The number of carbonyl (C=O) groups is 1. The van der Waals surface area contributed by atoms with Gasteiger partial charge in [-0.1, -0.05) is 35.9 Å². The van der Waals surface area contributed by atoms with Crippen LogP contribution in [-0.4, -0.2) is 14.3 Å². The Bertz CT molecular complexity index is 974. The Morgan fingerprint density at radius 2 is 1.64 bits per heavy atom. The minimum absolute atomic E-state index is 0.0684. The van der Waals surface area contributed by atoms with Crippen molar-refractivity contribution in [2.45, 2.75) is 17.6 Å². The molecule has 6 heteroatoms. The molecule has 0 fully saturated rings. The number of nitrogens with one attached hydrogen (secondary N) is 1. The van der Waals surface area contributed by atoms with E-state index in [1.807, 2.05) is 19.1 Å². The standard InChI is InChI=1S/C19H17NO4S/c1-14-7-9-15(10-8-14)20-19(21)18-12-11-16(24-18)13-25(22,23)17-5-3-2-4-6-17/h2-12H,13H2,1H3,(H,20,21). The van der Waals surface area contributed by atoms with Crippen LogP contribution in [0.4, 0.5) is 5.69 Å². The SMILES string of the molecule is Cc1ccc(NC(=O)c2ccc(CS(=O)(=O)c3ccccc3)o2)cc1. The van der Waals surface area contributed by atoms with Gasteiger partial charge in [0.2, 0.25) is 0 Å². The van der Waals surface area contributed by atoms with Crippen LogP contribution in [0, 0.1) is 6.92 Å². The van der Waals surface area contributed by atoms with E-state index in [0.29, 0.717) is 5.69 Å². The summed E-state index contributed by atoms with van der Waals surface area (Å²) in [6.45, 7) is 1.96. The molecule has 0 aliphatic heterocycles. The second kappa shape index (κ2) is 6.94. The van der Waals surface area contributed by atoms with Crippen molar-refractivity contribution in [2.24, 2.45) is 0 Å². The summed E-state index contributed by atoms with van der Waals surface area (Å²) in [6, 6.07) is 18.5. The second-order valence-electron chi connectivity index (χ2n) is 5.66. The van der Waals surface area contributed by atoms with Gasteiger partial charge in [-0.15, -0.1) is 0 Å². The number of aryl methyl sites for hydroxylation is 1. The molecule has 0 saturated heterocycles. The summed E-state index contributed by atoms with van der Waals surface area (Å²) in [4.78, 5) is 12.4. The van der Waals surface area contributed by atoms with E-state index in [-0.39, 0.29) is 22.2 Å². The molecule has 128 valence electrons. The van der Waals surface area contributed by atoms with Crippen LogP contribution in [0.1, 0.15) is 21.9 Å². The molecule has 0 radical (unpaired) electrons. The van der Waals surface area contributed by atoms with Gasteiger partial charge in [0.1, 0.15) is 11.5 Å². The lowest BCUT2D eigenvalue weighted by atomic mass is 10.2. The number of hydrogen-bond donors (Lipinski definition) is 1. The zero-order valence-electron chi connectivity index (χ0n) is 13.6. The molecule has 0 spiro atoms. The number of amides is 1. The van der Waals surface area contributed by atoms with Crippen LogP contribution in [0.5, 0.6) is 0 Å². The quantitative estimate of drug-likeness (QED) is 0.755. The van der Waals surface area contributed by atoms with Gasteiger partial charge in [-0.05, 0) is 43.3 Å². The van der Waals surface area contributed by atoms with Crippen LogP contribution in [0.25, 0.3) is 0 Å². The van der Waals surface area contributed by atoms with E-state index >= 15 is 0 Å². The molecule has 0 aliphatic rings. The predicted molar refractivity (Wildman–Crippen MR) is 95.2 cm³/mol. The highest BCUT2D eigenvalue weighted by Crippen LogP contribution is 2.19. The third-order valence-electron chi connectivity index (χ3n) is 3.63. The van der Waals surface area contributed by atoms with Crippen molar-refractivity contribution in [1.29, 1.82) is 0 Å². The lowest BCUT2D eigenvalue weighted by molar-refractivity contribution is 0.0995. The van der Waals surface area contributed by atoms with Gasteiger partial charge in [-0.25, -0.2) is 8.42 Å². The number of sulfone groups is 1. The Hall–Kier alpha value is -2.86. The molecule has 0 atom stereocenters. The van der Waals surface area contributed by atoms with Crippen LogP contribution in [-0.2, 0) is 15.6 Å². The first kappa shape index (κ1) is 17.0. The summed E-state index contributed by atoms with van der Waals surface area (Å²) in [6.07, 6.45) is 0. The number of benzene rings is 2. The first-order chi connectivity index (χ1) is 11.9. The molecule has 0 saturated carbocycles. The summed E-state index contributed by atoms with van der Waals surface area (Å²) in [5, 5.41) is 2.71. The number of anilines is 1. The van der Waals surface area contributed by atoms with E-state index in [1.165, 1.54) is 24.3 Å². The molecule has 3 rings (SSSR count). The van der Waals surface area contributed by atoms with Gasteiger partial charge in [-0.2, -0.15) is 0 Å². The molecule has 1 aromatic heterocycles. The Morgan fingerprint density at radius 3 is 2.32 bits per heavy atom. The number of hydrogen-bond acceptors (Lipinski definition) is 4. The summed E-state index contributed by atoms with van der Waals surface area (Å²) in [5.41, 5.74) is 1.73. The molecular formula is C19H17NO4S. The number of rotatable bonds is 5. The summed E-state index contributed by atoms with van der Waals surface area (Å²) >= 11 is 0. The maximum Gasteiger partial charge on any atom is 0.291 e. The highest BCUT2D eigenvalue weighted by atomic mass is 32.2. The molecule has 5 nitrogen and oxygen atoms in total. The first-order valence-electron chi connectivity index (χ1n) is 7.68. The lowest BCUT2D eigenvalue weighted by Crippen LogP contribution is -2.10. The molecule has 1 amide bonds. The van der Waals surface area contributed by atoms with Crippen molar-refractivity contribution in [3.63, 3.8) is 0 Å². The zero-order valence-corrected chi connectivity index (χ0v) is 14.4. The molecular weight excluding hydrogens is 338 g/mol. The maximum absolute atomic E-state index is 12.3. The molecule has 2 aromatic carbocycles. The summed E-state index contributed by atoms with van der Waals surface area (Å²) in [7, 11) is -3.51. The minimum Gasteiger partial charge on any atom is -0.455 e. The highest BCUT2D eigenvalue weighted by Gasteiger charge is 2.19. The van der Waals surface area contributed by atoms with E-state index in [0.717, 1.165) is 5.56 Å². The maximum atomic E-state index is 12.3. The van der Waals surface area contributed by atoms with Crippen LogP contribution in [0.2, 0.25) is 0 Å². The van der Waals surface area contributed by atoms with E-state index in [1.54, 1.807) is 30.3 Å². The van der Waals surface area contributed by atoms with Crippen molar-refractivity contribution in [3.8, 4) is 0 Å². The largest absolute Gasteiger partial charge is 0.455 e. The fourth-order valence-electron chi connectivity index (χ4n) is 2.31. The van der Waals surface area contributed by atoms with Gasteiger partial charge in [0.25, 0.3) is 5.91 Å². The molecule has 0 unspecified atom stereocenters. The first-order valence-corrected chi connectivity index (χ1v) is 9.34. The van der Waals surface area contributed by atoms with E-state index < -0.39 is 15.7 Å². The molecule has 3 aromatic rings. The van der Waals surface area contributed by atoms with E-state index in [4.69, 9.17) is 4.42 Å². The molecule has 1 N–H and O–H groups in total. The minimum atomic E-state index is -3.51. The van der Waals surface area contributed by atoms with Crippen LogP contribution in [0.3, 0.4) is 0 Å². The third kappa shape index (κ3) is 4.16. The van der Waals surface area contributed by atoms with Crippen molar-refractivity contribution in [2.75, 3.05) is 5.32 Å². The molecule has 0 aliphatic carbocycles. The Kier molecular flexibility index (Phi) is 4.72. The summed E-state index contributed by atoms with van der Waals surface area (Å²) < 4.78 is 30.1. The second-order valence-corrected chi connectivity index (χ2v) is 7.65. The van der Waals surface area contributed by atoms with Crippen LogP contribution in [0.15, 0.2) is 76.0 Å². The van der Waals surface area contributed by atoms with Crippen molar-refractivity contribution < 1.29 is 17.6 Å². The highest BCUT2D eigenvalue weighted by molar-refractivity contribution is 7.90. The van der Waals surface area contributed by atoms with Gasteiger partial charge in [-0.3, -0.25) is 4.79 Å². The molecule has 25 heavy (non-hydrogen) atoms. The Morgan fingerprint density at radius 1 is 0.960 bits per heavy atom. The van der Waals surface area contributed by atoms with Gasteiger partial charge in [0.15, 0.2) is 15.6 Å². The normalized spacial score (nSPS) is 11.2. The average Bonchev–Trinajstić information content (AvgIpc) is 3.06. The van der Waals surface area contributed by atoms with Gasteiger partial charge in [0.05, 0.1) is 4.90 Å². The third-order valence-corrected chi connectivity index (χ3v) is 5.28. The number of furan rings is 1. The smallest absolute Gasteiger partial charge is 0.291 e. The van der Waals surface area contributed by atoms with Gasteiger partial charge < -0.3 is 9.73 Å². The van der Waals surface area contributed by atoms with Crippen LogP contribution < -0.4 is 5.32 Å². The Balaban J connectivity index is 1.72. The predicted octanol–water partition coefficient (Wildman–Crippen LogP) is 3.81. The Labute approximate surface area is 146 Å². The monoisotopic (exact) mass is 355 g/mol. The van der Waals surface area contributed by atoms with Gasteiger partial charge in [0, 0.05) is 5.69 Å². The zero-order chi connectivity index (χ0) is 17.9. The molecule has 1 heterocycles. The van der Waals surface area contributed by atoms with Crippen molar-refractivity contribution in [3.05, 3.63) is 83.8 Å². The van der Waals surface area contributed by atoms with Crippen molar-refractivity contribution in [1.82, 2.24) is 0 Å². The fraction of sp³-hybridized carbons (Fsp3) is 0.105. The molecule has 0 bridgehead atoms. The van der Waals surface area contributed by atoms with Crippen molar-refractivity contribution >= 4 is 21.4 Å². The summed E-state index contributed by atoms with van der Waals surface area (Å²) in [5.74, 6) is -0.432. The lowest BCUT2D eigenvalue weighted by Gasteiger charge is -2.04. The van der Waals surface area contributed by atoms with Crippen LogP contribution >= 0.6 is 0 Å². The van der Waals surface area contributed by atoms with E-state index in [9.17, 15) is 13.2 Å². The van der Waals surface area contributed by atoms with E-state index in [2.05, 4.69) is 5.32 Å². The fourth-order valence-corrected chi connectivity index (χ4v) is 3.57. The topological polar surface area (TPSA) is 76.4 Å². The number of carbonyl (C=O) groups excluding carboxylic acids is 1. The van der Waals surface area contributed by atoms with Gasteiger partial charge >= 0.3 is 0 Å². The average molecular weight is 355 g/mol.